The smallest absolute Gasteiger partial charge is 0.237 e. The average Bonchev–Trinajstić information content (AvgIpc) is 2.16. The van der Waals surface area contributed by atoms with Crippen LogP contribution < -0.4 is 4.72 Å². The highest BCUT2D eigenvalue weighted by Gasteiger charge is 2.31. The molecule has 16 heavy (non-hydrogen) atoms. The van der Waals surface area contributed by atoms with Crippen molar-refractivity contribution >= 4 is 10.0 Å². The Morgan fingerprint density at radius 1 is 1.44 bits per heavy atom. The summed E-state index contributed by atoms with van der Waals surface area (Å²) in [5.74, 6) is 0. The van der Waals surface area contributed by atoms with Gasteiger partial charge in [-0.3, -0.25) is 4.72 Å². The van der Waals surface area contributed by atoms with Crippen molar-refractivity contribution < 1.29 is 13.2 Å². The Morgan fingerprint density at radius 3 is 2.56 bits per heavy atom. The number of nitrogens with one attached hydrogen (secondary N) is 1. The number of hydrogen-bond acceptors (Lipinski definition) is 3. The maximum Gasteiger partial charge on any atom is 0.237 e. The van der Waals surface area contributed by atoms with Gasteiger partial charge in [0.15, 0.2) is 0 Å². The van der Waals surface area contributed by atoms with E-state index in [0.717, 1.165) is 19.3 Å². The summed E-state index contributed by atoms with van der Waals surface area (Å²) in [7, 11) is -1.73. The van der Waals surface area contributed by atoms with E-state index in [9.17, 15) is 8.42 Å². The van der Waals surface area contributed by atoms with E-state index in [-0.39, 0.29) is 6.10 Å². The number of rotatable bonds is 3. The summed E-state index contributed by atoms with van der Waals surface area (Å²) in [6, 6.07) is 0. The van der Waals surface area contributed by atoms with Gasteiger partial charge in [0, 0.05) is 7.11 Å². The van der Waals surface area contributed by atoms with Gasteiger partial charge in [0.05, 0.1) is 16.5 Å². The summed E-state index contributed by atoms with van der Waals surface area (Å²) in [5, 5.41) is 0. The lowest BCUT2D eigenvalue weighted by Crippen LogP contribution is -2.42. The van der Waals surface area contributed by atoms with Gasteiger partial charge in [-0.05, 0) is 40.0 Å². The van der Waals surface area contributed by atoms with Crippen molar-refractivity contribution in [2.24, 2.45) is 0 Å². The molecule has 0 bridgehead atoms. The van der Waals surface area contributed by atoms with Crippen LogP contribution in [0.3, 0.4) is 0 Å². The van der Waals surface area contributed by atoms with Gasteiger partial charge >= 0.3 is 0 Å². The van der Waals surface area contributed by atoms with Crippen molar-refractivity contribution in [2.45, 2.75) is 50.9 Å². The van der Waals surface area contributed by atoms with Crippen LogP contribution in [0.4, 0.5) is 0 Å². The van der Waals surface area contributed by atoms with Crippen LogP contribution in [0.5, 0.6) is 0 Å². The SMILES string of the molecule is COC1CCCC=C1NS(=O)(=O)C(C)(C)C. The third-order valence-corrected chi connectivity index (χ3v) is 4.84. The Morgan fingerprint density at radius 2 is 2.06 bits per heavy atom. The largest absolute Gasteiger partial charge is 0.375 e. The van der Waals surface area contributed by atoms with Gasteiger partial charge in [0.25, 0.3) is 0 Å². The van der Waals surface area contributed by atoms with Crippen molar-refractivity contribution in [3.63, 3.8) is 0 Å². The van der Waals surface area contributed by atoms with Crippen molar-refractivity contribution in [1.82, 2.24) is 4.72 Å². The van der Waals surface area contributed by atoms with Crippen molar-refractivity contribution in [3.05, 3.63) is 11.8 Å². The highest BCUT2D eigenvalue weighted by molar-refractivity contribution is 7.90. The number of ether oxygens (including phenoxy) is 1. The first kappa shape index (κ1) is 13.5. The zero-order valence-electron chi connectivity index (χ0n) is 10.4. The van der Waals surface area contributed by atoms with Gasteiger partial charge in [0.1, 0.15) is 0 Å². The van der Waals surface area contributed by atoms with E-state index in [1.54, 1.807) is 27.9 Å². The number of methoxy groups -OCH3 is 1. The van der Waals surface area contributed by atoms with Crippen LogP contribution in [0.25, 0.3) is 0 Å². The van der Waals surface area contributed by atoms with Gasteiger partial charge in [-0.2, -0.15) is 0 Å². The topological polar surface area (TPSA) is 55.4 Å². The molecule has 94 valence electrons. The Kier molecular flexibility index (Phi) is 4.02. The molecule has 1 atom stereocenters. The lowest BCUT2D eigenvalue weighted by Gasteiger charge is -2.27. The van der Waals surface area contributed by atoms with Gasteiger partial charge in [-0.25, -0.2) is 8.42 Å². The fourth-order valence-electron chi connectivity index (χ4n) is 1.51. The zero-order valence-corrected chi connectivity index (χ0v) is 11.2. The second-order valence-corrected chi connectivity index (χ2v) is 7.47. The number of hydrogen-bond donors (Lipinski definition) is 1. The molecule has 0 radical (unpaired) electrons. The first-order valence-corrected chi connectivity index (χ1v) is 7.01. The first-order chi connectivity index (χ1) is 7.28. The molecule has 1 N–H and O–H groups in total. The van der Waals surface area contributed by atoms with E-state index in [1.807, 2.05) is 6.08 Å². The Bertz CT molecular complexity index is 365. The normalized spacial score (nSPS) is 22.8. The molecule has 0 heterocycles. The van der Waals surface area contributed by atoms with Crippen LogP contribution in [0.15, 0.2) is 11.8 Å². The van der Waals surface area contributed by atoms with Crippen LogP contribution in [-0.4, -0.2) is 26.4 Å². The minimum Gasteiger partial charge on any atom is -0.375 e. The zero-order chi connectivity index (χ0) is 12.4. The maximum absolute atomic E-state index is 12.0. The minimum atomic E-state index is -3.34. The van der Waals surface area contributed by atoms with Crippen LogP contribution in [0, 0.1) is 0 Å². The highest BCUT2D eigenvalue weighted by atomic mass is 32.2. The Hall–Kier alpha value is -0.550. The van der Waals surface area contributed by atoms with Gasteiger partial charge in [-0.1, -0.05) is 6.08 Å². The van der Waals surface area contributed by atoms with Crippen LogP contribution >= 0.6 is 0 Å². The highest BCUT2D eigenvalue weighted by Crippen LogP contribution is 2.22. The molecule has 1 unspecified atom stereocenters. The molecule has 0 aromatic rings. The van der Waals surface area contributed by atoms with E-state index in [4.69, 9.17) is 4.74 Å². The second-order valence-electron chi connectivity index (χ2n) is 5.03. The third kappa shape index (κ3) is 2.98. The maximum atomic E-state index is 12.0. The summed E-state index contributed by atoms with van der Waals surface area (Å²) in [4.78, 5) is 0. The molecule has 5 heteroatoms. The van der Waals surface area contributed by atoms with Crippen molar-refractivity contribution in [3.8, 4) is 0 Å². The summed E-state index contributed by atoms with van der Waals surface area (Å²) >= 11 is 0. The molecule has 1 aliphatic rings. The molecule has 0 amide bonds. The first-order valence-electron chi connectivity index (χ1n) is 5.53. The monoisotopic (exact) mass is 247 g/mol. The third-order valence-electron chi connectivity index (χ3n) is 2.72. The predicted octanol–water partition coefficient (Wildman–Crippen LogP) is 1.79. The number of allylic oxidation sites excluding steroid dienone is 1. The second kappa shape index (κ2) is 4.75. The molecule has 0 aromatic carbocycles. The molecule has 0 spiro atoms. The van der Waals surface area contributed by atoms with Gasteiger partial charge in [0.2, 0.25) is 10.0 Å². The van der Waals surface area contributed by atoms with Crippen LogP contribution in [-0.2, 0) is 14.8 Å². The minimum absolute atomic E-state index is 0.120. The fraction of sp³-hybridized carbons (Fsp3) is 0.818. The summed E-state index contributed by atoms with van der Waals surface area (Å²) in [6.07, 6.45) is 4.61. The molecule has 0 aliphatic heterocycles. The molecule has 0 saturated carbocycles. The number of sulfonamides is 1. The summed E-state index contributed by atoms with van der Waals surface area (Å²) < 4.78 is 31.1. The van der Waals surface area contributed by atoms with Gasteiger partial charge < -0.3 is 4.74 Å². The van der Waals surface area contributed by atoms with E-state index >= 15 is 0 Å². The lowest BCUT2D eigenvalue weighted by molar-refractivity contribution is 0.114. The predicted molar refractivity (Wildman–Crippen MR) is 64.5 cm³/mol. The molecule has 0 saturated heterocycles. The fourth-order valence-corrected chi connectivity index (χ4v) is 2.34. The van der Waals surface area contributed by atoms with Crippen molar-refractivity contribution in [1.29, 1.82) is 0 Å². The standard InChI is InChI=1S/C11H21NO3S/c1-11(2,3)16(13,14)12-9-7-5-6-8-10(9)15-4/h7,10,12H,5-6,8H2,1-4H3. The average molecular weight is 247 g/mol. The van der Waals surface area contributed by atoms with E-state index < -0.39 is 14.8 Å². The quantitative estimate of drug-likeness (QED) is 0.827. The molecule has 1 aliphatic carbocycles. The van der Waals surface area contributed by atoms with E-state index in [2.05, 4.69) is 4.72 Å². The molecule has 0 aromatic heterocycles. The molecule has 1 rings (SSSR count). The Balaban J connectivity index is 2.85. The lowest BCUT2D eigenvalue weighted by atomic mass is 10.0. The molecular formula is C11H21NO3S. The molecule has 0 fully saturated rings. The van der Waals surface area contributed by atoms with E-state index in [1.165, 1.54) is 0 Å². The molecular weight excluding hydrogens is 226 g/mol. The van der Waals surface area contributed by atoms with E-state index in [0.29, 0.717) is 5.70 Å². The van der Waals surface area contributed by atoms with Gasteiger partial charge in [-0.15, -0.1) is 0 Å². The van der Waals surface area contributed by atoms with Crippen molar-refractivity contribution in [2.75, 3.05) is 7.11 Å². The molecule has 4 nitrogen and oxygen atoms in total. The Labute approximate surface area is 98.1 Å². The van der Waals surface area contributed by atoms with Crippen LogP contribution in [0.1, 0.15) is 40.0 Å². The summed E-state index contributed by atoms with van der Waals surface area (Å²) in [5.41, 5.74) is 0.684. The summed E-state index contributed by atoms with van der Waals surface area (Å²) in [6.45, 7) is 5.04. The van der Waals surface area contributed by atoms with Crippen LogP contribution in [0.2, 0.25) is 0 Å².